The van der Waals surface area contributed by atoms with Crippen molar-refractivity contribution in [3.8, 4) is 6.07 Å². The van der Waals surface area contributed by atoms with E-state index in [0.717, 1.165) is 5.56 Å². The summed E-state index contributed by atoms with van der Waals surface area (Å²) in [6, 6.07) is 11.4. The minimum atomic E-state index is -0.391. The molecule has 4 nitrogen and oxygen atoms in total. The molecule has 0 saturated carbocycles. The number of carbonyl (C=O) groups excluding carboxylic acids is 1. The molecule has 2 N–H and O–H groups in total. The molecule has 0 aromatic heterocycles. The molecule has 0 aliphatic heterocycles. The summed E-state index contributed by atoms with van der Waals surface area (Å²) in [6.07, 6.45) is 3.04. The second-order valence-corrected chi connectivity index (χ2v) is 3.54. The molecular formula is C14H15N3O. The van der Waals surface area contributed by atoms with Crippen LogP contribution in [0.3, 0.4) is 0 Å². The number of hydrogen-bond donors (Lipinski definition) is 2. The highest BCUT2D eigenvalue weighted by molar-refractivity contribution is 5.97. The predicted octanol–water partition coefficient (Wildman–Crippen LogP) is 1.49. The van der Waals surface area contributed by atoms with Crippen molar-refractivity contribution in [2.75, 3.05) is 6.54 Å². The monoisotopic (exact) mass is 241 g/mol. The van der Waals surface area contributed by atoms with Gasteiger partial charge in [-0.3, -0.25) is 4.79 Å². The zero-order valence-electron chi connectivity index (χ0n) is 10.0. The summed E-state index contributed by atoms with van der Waals surface area (Å²) in [5.41, 5.74) is 1.04. The van der Waals surface area contributed by atoms with E-state index in [9.17, 15) is 4.79 Å². The number of rotatable bonds is 6. The van der Waals surface area contributed by atoms with E-state index in [0.29, 0.717) is 13.1 Å². The van der Waals surface area contributed by atoms with E-state index in [2.05, 4.69) is 17.2 Å². The molecular weight excluding hydrogens is 226 g/mol. The average molecular weight is 241 g/mol. The van der Waals surface area contributed by atoms with Gasteiger partial charge >= 0.3 is 0 Å². The highest BCUT2D eigenvalue weighted by Crippen LogP contribution is 1.98. The van der Waals surface area contributed by atoms with Crippen LogP contribution in [0.25, 0.3) is 0 Å². The number of carbonyl (C=O) groups is 1. The van der Waals surface area contributed by atoms with Gasteiger partial charge in [0.1, 0.15) is 11.6 Å². The highest BCUT2D eigenvalue weighted by Gasteiger charge is 2.07. The molecule has 4 heteroatoms. The molecule has 0 bridgehead atoms. The molecule has 0 atom stereocenters. The molecule has 1 aromatic carbocycles. The smallest absolute Gasteiger partial charge is 0.263 e. The maximum Gasteiger partial charge on any atom is 0.263 e. The fourth-order valence-corrected chi connectivity index (χ4v) is 1.27. The van der Waals surface area contributed by atoms with Gasteiger partial charge < -0.3 is 10.6 Å². The molecule has 0 radical (unpaired) electrons. The Balaban J connectivity index is 2.51. The van der Waals surface area contributed by atoms with Crippen molar-refractivity contribution in [1.29, 1.82) is 5.26 Å². The molecule has 92 valence electrons. The summed E-state index contributed by atoms with van der Waals surface area (Å²) in [6.45, 7) is 4.44. The number of amides is 1. The van der Waals surface area contributed by atoms with Gasteiger partial charge in [0, 0.05) is 19.3 Å². The van der Waals surface area contributed by atoms with Crippen molar-refractivity contribution >= 4 is 5.91 Å². The lowest BCUT2D eigenvalue weighted by Crippen LogP contribution is -2.25. The van der Waals surface area contributed by atoms with E-state index in [-0.39, 0.29) is 5.57 Å². The van der Waals surface area contributed by atoms with Gasteiger partial charge in [-0.15, -0.1) is 6.58 Å². The lowest BCUT2D eigenvalue weighted by Gasteiger charge is -2.04. The second kappa shape index (κ2) is 7.69. The Labute approximate surface area is 107 Å². The summed E-state index contributed by atoms with van der Waals surface area (Å²) in [5.74, 6) is -0.391. The number of benzene rings is 1. The third-order valence-electron chi connectivity index (χ3n) is 2.17. The van der Waals surface area contributed by atoms with Gasteiger partial charge in [-0.05, 0) is 5.56 Å². The van der Waals surface area contributed by atoms with Crippen LogP contribution in [-0.4, -0.2) is 12.5 Å². The average Bonchev–Trinajstić information content (AvgIpc) is 2.42. The van der Waals surface area contributed by atoms with E-state index < -0.39 is 5.91 Å². The van der Waals surface area contributed by atoms with Crippen molar-refractivity contribution < 1.29 is 4.79 Å². The van der Waals surface area contributed by atoms with Crippen LogP contribution in [0.5, 0.6) is 0 Å². The van der Waals surface area contributed by atoms with Crippen molar-refractivity contribution in [3.05, 3.63) is 60.3 Å². The molecule has 0 aliphatic carbocycles. The number of nitrogens with zero attached hydrogens (tertiary/aromatic N) is 1. The molecule has 18 heavy (non-hydrogen) atoms. The first-order chi connectivity index (χ1) is 8.77. The van der Waals surface area contributed by atoms with Crippen LogP contribution >= 0.6 is 0 Å². The Morgan fingerprint density at radius 2 is 2.11 bits per heavy atom. The summed E-state index contributed by atoms with van der Waals surface area (Å²) in [4.78, 5) is 11.7. The fraction of sp³-hybridized carbons (Fsp3) is 0.143. The number of nitrogens with one attached hydrogen (secondary N) is 2. The molecule has 0 unspecified atom stereocenters. The van der Waals surface area contributed by atoms with Crippen molar-refractivity contribution in [3.63, 3.8) is 0 Å². The maximum atomic E-state index is 11.7. The minimum Gasteiger partial charge on any atom is -0.386 e. The molecule has 1 rings (SSSR count). The van der Waals surface area contributed by atoms with Crippen LogP contribution in [0, 0.1) is 11.3 Å². The molecule has 1 amide bonds. The topological polar surface area (TPSA) is 64.9 Å². The Kier molecular flexibility index (Phi) is 5.78. The van der Waals surface area contributed by atoms with Crippen molar-refractivity contribution in [2.45, 2.75) is 6.54 Å². The van der Waals surface area contributed by atoms with Gasteiger partial charge in [-0.25, -0.2) is 0 Å². The zero-order chi connectivity index (χ0) is 13.2. The summed E-state index contributed by atoms with van der Waals surface area (Å²) in [5, 5.41) is 14.3. The van der Waals surface area contributed by atoms with Crippen molar-refractivity contribution in [1.82, 2.24) is 10.6 Å². The highest BCUT2D eigenvalue weighted by atomic mass is 16.1. The van der Waals surface area contributed by atoms with Gasteiger partial charge in [0.05, 0.1) is 0 Å². The fourth-order valence-electron chi connectivity index (χ4n) is 1.27. The first-order valence-electron chi connectivity index (χ1n) is 5.54. The second-order valence-electron chi connectivity index (χ2n) is 3.54. The van der Waals surface area contributed by atoms with Crippen LogP contribution < -0.4 is 10.6 Å². The standard InChI is InChI=1S/C14H15N3O/c1-2-8-16-11-13(9-15)14(18)17-10-12-6-4-3-5-7-12/h2-7,11,16H,1,8,10H2,(H,17,18)/b13-11-. The minimum absolute atomic E-state index is 0.0489. The molecule has 1 aromatic rings. The summed E-state index contributed by atoms with van der Waals surface area (Å²) in [7, 11) is 0. The van der Waals surface area contributed by atoms with Crippen LogP contribution in [0.4, 0.5) is 0 Å². The Morgan fingerprint density at radius 3 is 2.72 bits per heavy atom. The van der Waals surface area contributed by atoms with Gasteiger partial charge in [-0.1, -0.05) is 36.4 Å². The van der Waals surface area contributed by atoms with E-state index in [1.165, 1.54) is 6.20 Å². The van der Waals surface area contributed by atoms with Crippen LogP contribution in [-0.2, 0) is 11.3 Å². The number of hydrogen-bond acceptors (Lipinski definition) is 3. The first-order valence-corrected chi connectivity index (χ1v) is 5.54. The van der Waals surface area contributed by atoms with Crippen LogP contribution in [0.1, 0.15) is 5.56 Å². The van der Waals surface area contributed by atoms with E-state index in [1.807, 2.05) is 36.4 Å². The molecule has 0 aliphatic rings. The molecule has 0 fully saturated rings. The van der Waals surface area contributed by atoms with E-state index >= 15 is 0 Å². The van der Waals surface area contributed by atoms with Gasteiger partial charge in [0.25, 0.3) is 5.91 Å². The quantitative estimate of drug-likeness (QED) is 0.343. The normalized spacial score (nSPS) is 10.3. The Hall–Kier alpha value is -2.54. The van der Waals surface area contributed by atoms with Gasteiger partial charge in [0.15, 0.2) is 0 Å². The Bertz CT molecular complexity index is 472. The van der Waals surface area contributed by atoms with Gasteiger partial charge in [0.2, 0.25) is 0 Å². The maximum absolute atomic E-state index is 11.7. The van der Waals surface area contributed by atoms with Gasteiger partial charge in [-0.2, -0.15) is 5.26 Å². The zero-order valence-corrected chi connectivity index (χ0v) is 10.0. The van der Waals surface area contributed by atoms with E-state index in [1.54, 1.807) is 6.08 Å². The Morgan fingerprint density at radius 1 is 1.39 bits per heavy atom. The van der Waals surface area contributed by atoms with E-state index in [4.69, 9.17) is 5.26 Å². The third kappa shape index (κ3) is 4.54. The molecule has 0 saturated heterocycles. The van der Waals surface area contributed by atoms with Crippen LogP contribution in [0.2, 0.25) is 0 Å². The largest absolute Gasteiger partial charge is 0.386 e. The van der Waals surface area contributed by atoms with Crippen molar-refractivity contribution in [2.24, 2.45) is 0 Å². The number of nitriles is 1. The molecule has 0 heterocycles. The SMILES string of the molecule is C=CCN/C=C(/C#N)C(=O)NCc1ccccc1. The van der Waals surface area contributed by atoms with Crippen LogP contribution in [0.15, 0.2) is 54.8 Å². The lowest BCUT2D eigenvalue weighted by atomic mass is 10.2. The summed E-state index contributed by atoms with van der Waals surface area (Å²) < 4.78 is 0. The lowest BCUT2D eigenvalue weighted by molar-refractivity contribution is -0.117. The first kappa shape index (κ1) is 13.5. The summed E-state index contributed by atoms with van der Waals surface area (Å²) >= 11 is 0. The molecule has 0 spiro atoms. The predicted molar refractivity (Wildman–Crippen MR) is 70.2 cm³/mol. The third-order valence-corrected chi connectivity index (χ3v) is 2.17.